The molecule has 0 amide bonds. The molecule has 27 heavy (non-hydrogen) atoms. The van der Waals surface area contributed by atoms with Crippen LogP contribution in [0.1, 0.15) is 5.69 Å². The topological polar surface area (TPSA) is 106 Å². The fourth-order valence-electron chi connectivity index (χ4n) is 2.72. The van der Waals surface area contributed by atoms with Crippen LogP contribution < -0.4 is 10.6 Å². The van der Waals surface area contributed by atoms with E-state index in [1.54, 1.807) is 12.1 Å². The minimum Gasteiger partial charge on any atom is -0.508 e. The van der Waals surface area contributed by atoms with Gasteiger partial charge in [0.15, 0.2) is 11.6 Å². The molecule has 0 saturated carbocycles. The highest BCUT2D eigenvalue weighted by atomic mass is 19.1. The van der Waals surface area contributed by atoms with E-state index in [4.69, 9.17) is 0 Å². The van der Waals surface area contributed by atoms with Gasteiger partial charge in [-0.3, -0.25) is 0 Å². The zero-order valence-corrected chi connectivity index (χ0v) is 14.1. The number of aliphatic hydroxyl groups excluding tert-OH is 1. The zero-order chi connectivity index (χ0) is 18.8. The molecule has 2 heterocycles. The van der Waals surface area contributed by atoms with Crippen molar-refractivity contribution in [1.29, 1.82) is 0 Å². The van der Waals surface area contributed by atoms with Crippen LogP contribution in [0.4, 0.5) is 27.5 Å². The van der Waals surface area contributed by atoms with E-state index in [1.807, 2.05) is 24.3 Å². The quantitative estimate of drug-likeness (QED) is 0.368. The molecule has 0 bridgehead atoms. The van der Waals surface area contributed by atoms with E-state index in [9.17, 15) is 14.6 Å². The Kier molecular flexibility index (Phi) is 4.31. The van der Waals surface area contributed by atoms with E-state index in [-0.39, 0.29) is 24.1 Å². The van der Waals surface area contributed by atoms with Gasteiger partial charge in [-0.15, -0.1) is 0 Å². The molecule has 8 heteroatoms. The normalized spacial score (nSPS) is 10.9. The summed E-state index contributed by atoms with van der Waals surface area (Å²) in [6.07, 6.45) is 1.07. The Balaban J connectivity index is 1.59. The summed E-state index contributed by atoms with van der Waals surface area (Å²) in [5.41, 5.74) is 2.85. The van der Waals surface area contributed by atoms with Gasteiger partial charge in [0.1, 0.15) is 5.75 Å². The maximum atomic E-state index is 14.0. The van der Waals surface area contributed by atoms with E-state index in [0.29, 0.717) is 5.69 Å². The van der Waals surface area contributed by atoms with Gasteiger partial charge in [0.25, 0.3) is 0 Å². The van der Waals surface area contributed by atoms with Crippen molar-refractivity contribution in [2.75, 3.05) is 10.6 Å². The van der Waals surface area contributed by atoms with Crippen LogP contribution in [-0.4, -0.2) is 25.2 Å². The maximum Gasteiger partial charge on any atom is 0.229 e. The molecular weight excluding hydrogens is 349 g/mol. The summed E-state index contributed by atoms with van der Waals surface area (Å²) in [5.74, 6) is -0.341. The van der Waals surface area contributed by atoms with Crippen LogP contribution in [-0.2, 0) is 6.61 Å². The minimum absolute atomic E-state index is 0.0108. The van der Waals surface area contributed by atoms with Crippen LogP contribution in [0.15, 0.2) is 54.7 Å². The molecule has 0 aliphatic carbocycles. The monoisotopic (exact) mass is 365 g/mol. The Bertz CT molecular complexity index is 1110. The average Bonchev–Trinajstić information content (AvgIpc) is 3.07. The van der Waals surface area contributed by atoms with Crippen LogP contribution in [0.25, 0.3) is 10.9 Å². The summed E-state index contributed by atoms with van der Waals surface area (Å²) in [5, 5.41) is 25.5. The first-order chi connectivity index (χ1) is 13.1. The standard InChI is InChI=1S/C19H16FN5O2/c20-16-9-21-19(25-18(16)23-12-2-1-3-15(27)8-12)24-13-4-5-17-11(6-13)7-14(10-26)22-17/h1-9,22,26-27H,10H2,(H2,21,23,24,25). The first-order valence-corrected chi connectivity index (χ1v) is 8.19. The van der Waals surface area contributed by atoms with Gasteiger partial charge >= 0.3 is 0 Å². The largest absolute Gasteiger partial charge is 0.508 e. The number of benzene rings is 2. The van der Waals surface area contributed by atoms with Gasteiger partial charge < -0.3 is 25.8 Å². The number of phenols is 1. The van der Waals surface area contributed by atoms with Crippen LogP contribution in [0, 0.1) is 5.82 Å². The summed E-state index contributed by atoms with van der Waals surface area (Å²) >= 11 is 0. The molecule has 0 saturated heterocycles. The smallest absolute Gasteiger partial charge is 0.229 e. The number of phenolic OH excluding ortho intramolecular Hbond substituents is 1. The Labute approximate surface area is 153 Å². The molecule has 4 rings (SSSR count). The third-order valence-electron chi connectivity index (χ3n) is 3.96. The number of hydrogen-bond donors (Lipinski definition) is 5. The van der Waals surface area contributed by atoms with Gasteiger partial charge in [-0.25, -0.2) is 9.37 Å². The maximum absolute atomic E-state index is 14.0. The third-order valence-corrected chi connectivity index (χ3v) is 3.96. The summed E-state index contributed by atoms with van der Waals surface area (Å²) in [4.78, 5) is 11.2. The summed E-state index contributed by atoms with van der Waals surface area (Å²) in [6.45, 7) is -0.0669. The molecule has 0 aliphatic heterocycles. The SMILES string of the molecule is OCc1cc2cc(Nc3ncc(F)c(Nc4cccc(O)c4)n3)ccc2[nH]1. The molecule has 2 aromatic carbocycles. The van der Waals surface area contributed by atoms with Crippen molar-refractivity contribution in [2.24, 2.45) is 0 Å². The number of H-pyrrole nitrogens is 1. The molecule has 2 aromatic heterocycles. The van der Waals surface area contributed by atoms with Gasteiger partial charge in [-0.05, 0) is 36.4 Å². The van der Waals surface area contributed by atoms with Gasteiger partial charge in [0.2, 0.25) is 5.95 Å². The highest BCUT2D eigenvalue weighted by Crippen LogP contribution is 2.24. The number of aromatic hydroxyl groups is 1. The highest BCUT2D eigenvalue weighted by molar-refractivity contribution is 5.84. The molecule has 0 atom stereocenters. The molecule has 0 radical (unpaired) electrons. The number of nitrogens with one attached hydrogen (secondary N) is 3. The van der Waals surface area contributed by atoms with Crippen molar-refractivity contribution in [3.8, 4) is 5.75 Å². The molecule has 0 aliphatic rings. The molecule has 0 spiro atoms. The number of fused-ring (bicyclic) bond motifs is 1. The first-order valence-electron chi connectivity index (χ1n) is 8.19. The number of hydrogen-bond acceptors (Lipinski definition) is 6. The lowest BCUT2D eigenvalue weighted by atomic mass is 10.2. The number of halogens is 1. The second-order valence-corrected chi connectivity index (χ2v) is 5.95. The molecule has 0 fully saturated rings. The number of nitrogens with zero attached hydrogens (tertiary/aromatic N) is 2. The number of aromatic amines is 1. The van der Waals surface area contributed by atoms with Crippen LogP contribution in [0.3, 0.4) is 0 Å². The van der Waals surface area contributed by atoms with Crippen molar-refractivity contribution in [2.45, 2.75) is 6.61 Å². The Hall–Kier alpha value is -3.65. The van der Waals surface area contributed by atoms with E-state index in [0.717, 1.165) is 28.5 Å². The number of aliphatic hydroxyl groups is 1. The second-order valence-electron chi connectivity index (χ2n) is 5.95. The van der Waals surface area contributed by atoms with Crippen molar-refractivity contribution < 1.29 is 14.6 Å². The van der Waals surface area contributed by atoms with E-state index < -0.39 is 5.82 Å². The fourth-order valence-corrected chi connectivity index (χ4v) is 2.72. The van der Waals surface area contributed by atoms with E-state index >= 15 is 0 Å². The molecular formula is C19H16FN5O2. The number of rotatable bonds is 5. The first kappa shape index (κ1) is 16.8. The van der Waals surface area contributed by atoms with Crippen LogP contribution in [0.5, 0.6) is 5.75 Å². The lowest BCUT2D eigenvalue weighted by Gasteiger charge is -2.10. The van der Waals surface area contributed by atoms with Crippen LogP contribution >= 0.6 is 0 Å². The Morgan fingerprint density at radius 2 is 1.89 bits per heavy atom. The predicted molar refractivity (Wildman–Crippen MR) is 101 cm³/mol. The molecule has 4 aromatic rings. The van der Waals surface area contributed by atoms with Gasteiger partial charge in [0, 0.05) is 34.0 Å². The molecule has 136 valence electrons. The Morgan fingerprint density at radius 1 is 1.04 bits per heavy atom. The van der Waals surface area contributed by atoms with Gasteiger partial charge in [-0.2, -0.15) is 4.98 Å². The van der Waals surface area contributed by atoms with Gasteiger partial charge in [0.05, 0.1) is 12.8 Å². The van der Waals surface area contributed by atoms with Crippen LogP contribution in [0.2, 0.25) is 0 Å². The van der Waals surface area contributed by atoms with Crippen molar-refractivity contribution >= 4 is 34.0 Å². The summed E-state index contributed by atoms with van der Waals surface area (Å²) in [6, 6.07) is 13.7. The van der Waals surface area contributed by atoms with E-state index in [1.165, 1.54) is 12.1 Å². The van der Waals surface area contributed by atoms with Crippen molar-refractivity contribution in [3.05, 3.63) is 66.2 Å². The van der Waals surface area contributed by atoms with Crippen molar-refractivity contribution in [3.63, 3.8) is 0 Å². The molecule has 0 unspecified atom stereocenters. The third kappa shape index (κ3) is 3.65. The number of anilines is 4. The summed E-state index contributed by atoms with van der Waals surface area (Å²) < 4.78 is 14.0. The fraction of sp³-hybridized carbons (Fsp3) is 0.0526. The lowest BCUT2D eigenvalue weighted by molar-refractivity contribution is 0.278. The summed E-state index contributed by atoms with van der Waals surface area (Å²) in [7, 11) is 0. The Morgan fingerprint density at radius 3 is 2.70 bits per heavy atom. The highest BCUT2D eigenvalue weighted by Gasteiger charge is 2.09. The van der Waals surface area contributed by atoms with E-state index in [2.05, 4.69) is 25.6 Å². The predicted octanol–water partition coefficient (Wildman–Crippen LogP) is 3.78. The lowest BCUT2D eigenvalue weighted by Crippen LogP contribution is -2.03. The molecule has 7 nitrogen and oxygen atoms in total. The minimum atomic E-state index is -0.613. The average molecular weight is 365 g/mol. The molecule has 5 N–H and O–H groups in total. The zero-order valence-electron chi connectivity index (χ0n) is 14.1. The second kappa shape index (κ2) is 6.93. The van der Waals surface area contributed by atoms with Crippen molar-refractivity contribution in [1.82, 2.24) is 15.0 Å². The van der Waals surface area contributed by atoms with Gasteiger partial charge in [-0.1, -0.05) is 6.07 Å². The number of aromatic nitrogens is 3.